The summed E-state index contributed by atoms with van der Waals surface area (Å²) in [5.41, 5.74) is 0.732. The first-order chi connectivity index (χ1) is 13.1. The number of benzene rings is 2. The van der Waals surface area contributed by atoms with Crippen LogP contribution in [0.1, 0.15) is 15.9 Å². The predicted octanol–water partition coefficient (Wildman–Crippen LogP) is 3.59. The molecule has 5 nitrogen and oxygen atoms in total. The van der Waals surface area contributed by atoms with E-state index in [0.717, 1.165) is 9.63 Å². The van der Waals surface area contributed by atoms with E-state index in [4.69, 9.17) is 4.84 Å². The molecule has 27 heavy (non-hydrogen) atoms. The van der Waals surface area contributed by atoms with Crippen LogP contribution in [0.4, 0.5) is 10.1 Å². The molecule has 3 rings (SSSR count). The molecule has 0 radical (unpaired) electrons. The standard InChI is InChI=1S/C20H17FN2O3S/c1-27-18-7-3-2-6-17(18)22-19(24)16-5-4-12-23(20(16)25)26-13-14-8-10-15(21)11-9-14/h2-12H,13H2,1H3,(H,22,24). The number of anilines is 1. The number of para-hydroxylation sites is 1. The number of thioether (sulfide) groups is 1. The van der Waals surface area contributed by atoms with Crippen LogP contribution in [0.25, 0.3) is 0 Å². The van der Waals surface area contributed by atoms with Gasteiger partial charge in [-0.05, 0) is 48.2 Å². The van der Waals surface area contributed by atoms with Gasteiger partial charge in [0.15, 0.2) is 0 Å². The lowest BCUT2D eigenvalue weighted by Gasteiger charge is -2.11. The van der Waals surface area contributed by atoms with E-state index in [9.17, 15) is 14.0 Å². The van der Waals surface area contributed by atoms with E-state index in [1.807, 2.05) is 24.5 Å². The van der Waals surface area contributed by atoms with E-state index >= 15 is 0 Å². The highest BCUT2D eigenvalue weighted by atomic mass is 32.2. The third-order valence-corrected chi connectivity index (χ3v) is 4.59. The number of nitrogens with zero attached hydrogens (tertiary/aromatic N) is 1. The van der Waals surface area contributed by atoms with Crippen LogP contribution in [0, 0.1) is 5.82 Å². The van der Waals surface area contributed by atoms with Gasteiger partial charge in [0.05, 0.1) is 5.69 Å². The molecule has 0 atom stereocenters. The average molecular weight is 384 g/mol. The van der Waals surface area contributed by atoms with Gasteiger partial charge in [0, 0.05) is 11.1 Å². The van der Waals surface area contributed by atoms with Crippen LogP contribution in [0.3, 0.4) is 0 Å². The number of aromatic nitrogens is 1. The molecular formula is C20H17FN2O3S. The van der Waals surface area contributed by atoms with Crippen molar-refractivity contribution in [3.63, 3.8) is 0 Å². The van der Waals surface area contributed by atoms with E-state index < -0.39 is 11.5 Å². The summed E-state index contributed by atoms with van der Waals surface area (Å²) in [5, 5.41) is 2.76. The summed E-state index contributed by atoms with van der Waals surface area (Å²) < 4.78 is 13.9. The number of rotatable bonds is 6. The molecule has 0 bridgehead atoms. The lowest BCUT2D eigenvalue weighted by molar-refractivity contribution is 0.0863. The summed E-state index contributed by atoms with van der Waals surface area (Å²) >= 11 is 1.50. The molecule has 7 heteroatoms. The molecule has 1 amide bonds. The molecular weight excluding hydrogens is 367 g/mol. The van der Waals surface area contributed by atoms with Gasteiger partial charge < -0.3 is 10.2 Å². The fourth-order valence-electron chi connectivity index (χ4n) is 2.41. The minimum atomic E-state index is -0.571. The Balaban J connectivity index is 1.76. The van der Waals surface area contributed by atoms with E-state index in [0.29, 0.717) is 11.3 Å². The second-order valence-corrected chi connectivity index (χ2v) is 6.46. The Kier molecular flexibility index (Phi) is 5.93. The quantitative estimate of drug-likeness (QED) is 0.660. The number of halogens is 1. The third-order valence-electron chi connectivity index (χ3n) is 3.80. The Morgan fingerprint density at radius 1 is 1.11 bits per heavy atom. The van der Waals surface area contributed by atoms with E-state index in [1.54, 1.807) is 24.3 Å². The second-order valence-electron chi connectivity index (χ2n) is 5.61. The highest BCUT2D eigenvalue weighted by molar-refractivity contribution is 7.98. The van der Waals surface area contributed by atoms with Crippen molar-refractivity contribution in [1.29, 1.82) is 0 Å². The molecule has 0 saturated carbocycles. The second kappa shape index (κ2) is 8.55. The predicted molar refractivity (Wildman–Crippen MR) is 104 cm³/mol. The molecule has 1 aromatic heterocycles. The van der Waals surface area contributed by atoms with Crippen molar-refractivity contribution in [1.82, 2.24) is 4.73 Å². The number of nitrogens with one attached hydrogen (secondary N) is 1. The van der Waals surface area contributed by atoms with Crippen molar-refractivity contribution in [3.05, 3.63) is 94.2 Å². The van der Waals surface area contributed by atoms with Crippen molar-refractivity contribution in [2.75, 3.05) is 11.6 Å². The number of pyridine rings is 1. The first kappa shape index (κ1) is 18.7. The largest absolute Gasteiger partial charge is 0.406 e. The maximum Gasteiger partial charge on any atom is 0.295 e. The zero-order chi connectivity index (χ0) is 19.2. The summed E-state index contributed by atoms with van der Waals surface area (Å²) in [6, 6.07) is 16.1. The highest BCUT2D eigenvalue weighted by Crippen LogP contribution is 2.24. The van der Waals surface area contributed by atoms with Crippen LogP contribution >= 0.6 is 11.8 Å². The maximum atomic E-state index is 12.9. The minimum Gasteiger partial charge on any atom is -0.406 e. The molecule has 138 valence electrons. The third kappa shape index (κ3) is 4.57. The van der Waals surface area contributed by atoms with Gasteiger partial charge in [0.1, 0.15) is 18.0 Å². The van der Waals surface area contributed by atoms with Crippen molar-refractivity contribution in [3.8, 4) is 0 Å². The maximum absolute atomic E-state index is 12.9. The Morgan fingerprint density at radius 2 is 1.85 bits per heavy atom. The van der Waals surface area contributed by atoms with Gasteiger partial charge in [-0.25, -0.2) is 4.39 Å². The molecule has 2 aromatic carbocycles. The number of carbonyl (C=O) groups excluding carboxylic acids is 1. The highest BCUT2D eigenvalue weighted by Gasteiger charge is 2.14. The number of hydrogen-bond donors (Lipinski definition) is 1. The van der Waals surface area contributed by atoms with Crippen molar-refractivity contribution in [2.24, 2.45) is 0 Å². The van der Waals surface area contributed by atoms with Crippen molar-refractivity contribution < 1.29 is 14.0 Å². The fraction of sp³-hybridized carbons (Fsp3) is 0.100. The van der Waals surface area contributed by atoms with E-state index in [1.165, 1.54) is 36.2 Å². The Hall–Kier alpha value is -3.06. The summed E-state index contributed by atoms with van der Waals surface area (Å²) in [6.45, 7) is 0.0700. The smallest absolute Gasteiger partial charge is 0.295 e. The van der Waals surface area contributed by atoms with Crippen LogP contribution in [0.15, 0.2) is 76.6 Å². The Morgan fingerprint density at radius 3 is 2.59 bits per heavy atom. The molecule has 3 aromatic rings. The van der Waals surface area contributed by atoms with E-state index in [2.05, 4.69) is 5.32 Å². The molecule has 0 aliphatic rings. The minimum absolute atomic E-state index is 0.0347. The monoisotopic (exact) mass is 384 g/mol. The first-order valence-corrected chi connectivity index (χ1v) is 9.35. The van der Waals surface area contributed by atoms with Crippen LogP contribution in [0.5, 0.6) is 0 Å². The zero-order valence-electron chi connectivity index (χ0n) is 14.5. The fourth-order valence-corrected chi connectivity index (χ4v) is 2.97. The molecule has 0 unspecified atom stereocenters. The molecule has 0 aliphatic heterocycles. The SMILES string of the molecule is CSc1ccccc1NC(=O)c1cccn(OCc2ccc(F)cc2)c1=O. The number of hydrogen-bond acceptors (Lipinski definition) is 4. The molecule has 0 fully saturated rings. The molecule has 0 spiro atoms. The summed E-state index contributed by atoms with van der Waals surface area (Å²) in [6.07, 6.45) is 3.34. The Labute approximate surface area is 159 Å². The van der Waals surface area contributed by atoms with Gasteiger partial charge in [-0.15, -0.1) is 11.8 Å². The normalized spacial score (nSPS) is 10.4. The summed E-state index contributed by atoms with van der Waals surface area (Å²) in [7, 11) is 0. The summed E-state index contributed by atoms with van der Waals surface area (Å²) in [5.74, 6) is -0.860. The lowest BCUT2D eigenvalue weighted by atomic mass is 10.2. The molecule has 0 saturated heterocycles. The lowest BCUT2D eigenvalue weighted by Crippen LogP contribution is -2.32. The molecule has 1 heterocycles. The van der Waals surface area contributed by atoms with Crippen LogP contribution < -0.4 is 15.7 Å². The van der Waals surface area contributed by atoms with Crippen molar-refractivity contribution in [2.45, 2.75) is 11.5 Å². The molecule has 1 N–H and O–H groups in total. The van der Waals surface area contributed by atoms with E-state index in [-0.39, 0.29) is 18.0 Å². The zero-order valence-corrected chi connectivity index (χ0v) is 15.3. The Bertz CT molecular complexity index is 1000. The van der Waals surface area contributed by atoms with Gasteiger partial charge in [0.2, 0.25) is 0 Å². The van der Waals surface area contributed by atoms with Gasteiger partial charge in [-0.2, -0.15) is 4.73 Å². The van der Waals surface area contributed by atoms with Crippen LogP contribution in [-0.2, 0) is 6.61 Å². The van der Waals surface area contributed by atoms with Gasteiger partial charge in [-0.3, -0.25) is 9.59 Å². The van der Waals surface area contributed by atoms with Crippen LogP contribution in [-0.4, -0.2) is 16.9 Å². The average Bonchev–Trinajstić information content (AvgIpc) is 2.69. The number of amides is 1. The van der Waals surface area contributed by atoms with Gasteiger partial charge in [-0.1, -0.05) is 24.3 Å². The van der Waals surface area contributed by atoms with Crippen LogP contribution in [0.2, 0.25) is 0 Å². The van der Waals surface area contributed by atoms with Gasteiger partial charge >= 0.3 is 0 Å². The number of carbonyl (C=O) groups is 1. The first-order valence-electron chi connectivity index (χ1n) is 8.12. The van der Waals surface area contributed by atoms with Crippen molar-refractivity contribution >= 4 is 23.4 Å². The topological polar surface area (TPSA) is 60.3 Å². The summed E-state index contributed by atoms with van der Waals surface area (Å²) in [4.78, 5) is 31.4. The molecule has 0 aliphatic carbocycles. The van der Waals surface area contributed by atoms with Gasteiger partial charge in [0.25, 0.3) is 11.5 Å².